The van der Waals surface area contributed by atoms with Crippen LogP contribution >= 0.6 is 11.3 Å². The Morgan fingerprint density at radius 2 is 1.80 bits per heavy atom. The fraction of sp³-hybridized carbons (Fsp3) is 0.375. The summed E-state index contributed by atoms with van der Waals surface area (Å²) in [6, 6.07) is 10.6. The SMILES string of the molecule is CC(C)(C)NCc1ccc(COc2ccccc2F)s1. The third-order valence-corrected chi connectivity index (χ3v) is 3.78. The maximum atomic E-state index is 13.4. The van der Waals surface area contributed by atoms with Gasteiger partial charge in [0.05, 0.1) is 0 Å². The molecule has 1 aromatic carbocycles. The average molecular weight is 293 g/mol. The molecule has 1 N–H and O–H groups in total. The first-order valence-corrected chi connectivity index (χ1v) is 7.46. The minimum atomic E-state index is -0.321. The molecule has 0 fully saturated rings. The van der Waals surface area contributed by atoms with Crippen molar-refractivity contribution in [3.05, 3.63) is 52.0 Å². The van der Waals surface area contributed by atoms with E-state index in [1.54, 1.807) is 29.5 Å². The third-order valence-electron chi connectivity index (χ3n) is 2.72. The van der Waals surface area contributed by atoms with Gasteiger partial charge in [0, 0.05) is 21.8 Å². The van der Waals surface area contributed by atoms with Gasteiger partial charge in [0.1, 0.15) is 6.61 Å². The van der Waals surface area contributed by atoms with Gasteiger partial charge >= 0.3 is 0 Å². The van der Waals surface area contributed by atoms with Crippen LogP contribution in [0.5, 0.6) is 5.75 Å². The second-order valence-electron chi connectivity index (χ2n) is 5.69. The van der Waals surface area contributed by atoms with E-state index in [1.807, 2.05) is 6.07 Å². The Kier molecular flexibility index (Phi) is 4.78. The van der Waals surface area contributed by atoms with Crippen molar-refractivity contribution in [3.63, 3.8) is 0 Å². The highest BCUT2D eigenvalue weighted by Crippen LogP contribution is 2.21. The van der Waals surface area contributed by atoms with Crippen LogP contribution in [-0.4, -0.2) is 5.54 Å². The molecule has 0 atom stereocenters. The van der Waals surface area contributed by atoms with Crippen LogP contribution in [0, 0.1) is 5.82 Å². The summed E-state index contributed by atoms with van der Waals surface area (Å²) in [4.78, 5) is 2.35. The third kappa shape index (κ3) is 4.62. The van der Waals surface area contributed by atoms with Crippen molar-refractivity contribution in [1.29, 1.82) is 0 Å². The molecule has 0 saturated carbocycles. The van der Waals surface area contributed by atoms with E-state index in [-0.39, 0.29) is 11.4 Å². The lowest BCUT2D eigenvalue weighted by molar-refractivity contribution is 0.293. The zero-order valence-corrected chi connectivity index (χ0v) is 12.9. The molecule has 0 radical (unpaired) electrons. The van der Waals surface area contributed by atoms with E-state index in [4.69, 9.17) is 4.74 Å². The summed E-state index contributed by atoms with van der Waals surface area (Å²) >= 11 is 1.69. The lowest BCUT2D eigenvalue weighted by Crippen LogP contribution is -2.34. The van der Waals surface area contributed by atoms with Gasteiger partial charge in [-0.2, -0.15) is 0 Å². The molecular formula is C16H20FNOS. The standard InChI is InChI=1S/C16H20FNOS/c1-16(2,3)18-10-12-8-9-13(20-12)11-19-15-7-5-4-6-14(15)17/h4-9,18H,10-11H2,1-3H3. The quantitative estimate of drug-likeness (QED) is 0.884. The van der Waals surface area contributed by atoms with Crippen molar-refractivity contribution in [2.24, 2.45) is 0 Å². The van der Waals surface area contributed by atoms with Gasteiger partial charge in [0.2, 0.25) is 0 Å². The molecule has 1 aromatic heterocycles. The molecule has 0 aliphatic heterocycles. The van der Waals surface area contributed by atoms with Gasteiger partial charge in [0.15, 0.2) is 11.6 Å². The van der Waals surface area contributed by atoms with Gasteiger partial charge in [-0.25, -0.2) is 4.39 Å². The van der Waals surface area contributed by atoms with Crippen LogP contribution in [0.15, 0.2) is 36.4 Å². The Bertz CT molecular complexity index is 560. The van der Waals surface area contributed by atoms with Gasteiger partial charge in [-0.05, 0) is 45.0 Å². The molecule has 0 amide bonds. The Labute approximate surface area is 123 Å². The molecule has 0 aliphatic rings. The fourth-order valence-electron chi connectivity index (χ4n) is 1.66. The van der Waals surface area contributed by atoms with E-state index in [0.29, 0.717) is 12.4 Å². The second-order valence-corrected chi connectivity index (χ2v) is 6.94. The van der Waals surface area contributed by atoms with E-state index in [9.17, 15) is 4.39 Å². The maximum Gasteiger partial charge on any atom is 0.165 e. The van der Waals surface area contributed by atoms with E-state index >= 15 is 0 Å². The monoisotopic (exact) mass is 293 g/mol. The number of rotatable bonds is 5. The summed E-state index contributed by atoms with van der Waals surface area (Å²) in [6.45, 7) is 7.67. The fourth-order valence-corrected chi connectivity index (χ4v) is 2.53. The molecule has 0 unspecified atom stereocenters. The molecule has 0 bridgehead atoms. The number of thiophene rings is 1. The molecule has 0 spiro atoms. The minimum absolute atomic E-state index is 0.105. The zero-order valence-electron chi connectivity index (χ0n) is 12.1. The normalized spacial score (nSPS) is 11.6. The summed E-state index contributed by atoms with van der Waals surface area (Å²) < 4.78 is 18.9. The van der Waals surface area contributed by atoms with Crippen LogP contribution in [0.1, 0.15) is 30.5 Å². The van der Waals surface area contributed by atoms with E-state index in [2.05, 4.69) is 32.2 Å². The van der Waals surface area contributed by atoms with Gasteiger partial charge in [-0.15, -0.1) is 11.3 Å². The van der Waals surface area contributed by atoms with Crippen molar-refractivity contribution >= 4 is 11.3 Å². The van der Waals surface area contributed by atoms with Crippen molar-refractivity contribution in [2.75, 3.05) is 0 Å². The predicted molar refractivity (Wildman–Crippen MR) is 81.6 cm³/mol. The number of halogens is 1. The van der Waals surface area contributed by atoms with Gasteiger partial charge in [-0.1, -0.05) is 12.1 Å². The van der Waals surface area contributed by atoms with E-state index < -0.39 is 0 Å². The van der Waals surface area contributed by atoms with Crippen LogP contribution in [0.2, 0.25) is 0 Å². The van der Waals surface area contributed by atoms with E-state index in [0.717, 1.165) is 11.4 Å². The number of nitrogens with one attached hydrogen (secondary N) is 1. The van der Waals surface area contributed by atoms with Crippen molar-refractivity contribution in [1.82, 2.24) is 5.32 Å². The summed E-state index contributed by atoms with van der Waals surface area (Å²) in [5.41, 5.74) is 0.105. The Morgan fingerprint density at radius 1 is 1.10 bits per heavy atom. The summed E-state index contributed by atoms with van der Waals surface area (Å²) in [5.74, 6) is -0.0195. The number of hydrogen-bond donors (Lipinski definition) is 1. The molecule has 0 aliphatic carbocycles. The molecule has 2 rings (SSSR count). The van der Waals surface area contributed by atoms with Crippen LogP contribution < -0.4 is 10.1 Å². The van der Waals surface area contributed by atoms with E-state index in [1.165, 1.54) is 10.9 Å². The maximum absolute atomic E-state index is 13.4. The number of para-hydroxylation sites is 1. The zero-order chi connectivity index (χ0) is 14.6. The van der Waals surface area contributed by atoms with Crippen LogP contribution in [0.4, 0.5) is 4.39 Å². The molecule has 0 saturated heterocycles. The summed E-state index contributed by atoms with van der Waals surface area (Å²) in [7, 11) is 0. The molecule has 4 heteroatoms. The average Bonchev–Trinajstić information content (AvgIpc) is 2.83. The number of hydrogen-bond acceptors (Lipinski definition) is 3. The first-order chi connectivity index (χ1) is 9.44. The number of ether oxygens (including phenoxy) is 1. The highest BCUT2D eigenvalue weighted by Gasteiger charge is 2.10. The Hall–Kier alpha value is -1.39. The Balaban J connectivity index is 1.89. The molecule has 2 aromatic rings. The van der Waals surface area contributed by atoms with Gasteiger partial charge < -0.3 is 10.1 Å². The van der Waals surface area contributed by atoms with Gasteiger partial charge in [-0.3, -0.25) is 0 Å². The summed E-state index contributed by atoms with van der Waals surface area (Å²) in [5, 5.41) is 3.44. The molecule has 20 heavy (non-hydrogen) atoms. The van der Waals surface area contributed by atoms with Crippen LogP contribution in [-0.2, 0) is 13.2 Å². The van der Waals surface area contributed by atoms with Crippen molar-refractivity contribution in [2.45, 2.75) is 39.5 Å². The molecule has 1 heterocycles. The van der Waals surface area contributed by atoms with Crippen LogP contribution in [0.25, 0.3) is 0 Å². The summed E-state index contributed by atoms with van der Waals surface area (Å²) in [6.07, 6.45) is 0. The highest BCUT2D eigenvalue weighted by molar-refractivity contribution is 7.11. The smallest absolute Gasteiger partial charge is 0.165 e. The lowest BCUT2D eigenvalue weighted by Gasteiger charge is -2.19. The lowest BCUT2D eigenvalue weighted by atomic mass is 10.1. The topological polar surface area (TPSA) is 21.3 Å². The number of benzene rings is 1. The largest absolute Gasteiger partial charge is 0.485 e. The van der Waals surface area contributed by atoms with Crippen LogP contribution in [0.3, 0.4) is 0 Å². The second kappa shape index (κ2) is 6.37. The minimum Gasteiger partial charge on any atom is -0.485 e. The first-order valence-electron chi connectivity index (χ1n) is 6.64. The Morgan fingerprint density at radius 3 is 2.50 bits per heavy atom. The predicted octanol–water partition coefficient (Wildman–Crippen LogP) is 4.35. The van der Waals surface area contributed by atoms with Crippen molar-refractivity contribution < 1.29 is 9.13 Å². The molecule has 2 nitrogen and oxygen atoms in total. The molecule has 108 valence electrons. The van der Waals surface area contributed by atoms with Crippen molar-refractivity contribution in [3.8, 4) is 5.75 Å². The van der Waals surface area contributed by atoms with Gasteiger partial charge in [0.25, 0.3) is 0 Å². The molecular weight excluding hydrogens is 273 g/mol. The first kappa shape index (κ1) is 15.0. The highest BCUT2D eigenvalue weighted by atomic mass is 32.1.